The zero-order chi connectivity index (χ0) is 34.6. The largest absolute Gasteiger partial charge is 0.534 e. The van der Waals surface area contributed by atoms with Crippen LogP contribution < -0.4 is 13.8 Å². The topological polar surface area (TPSA) is 136 Å². The Balaban J connectivity index is 1.57. The summed E-state index contributed by atoms with van der Waals surface area (Å²) >= 11 is 0. The monoisotopic (exact) mass is 700 g/mol. The molecule has 1 N–H and O–H groups in total. The molecule has 0 bridgehead atoms. The van der Waals surface area contributed by atoms with Crippen molar-refractivity contribution in [1.29, 1.82) is 0 Å². The summed E-state index contributed by atoms with van der Waals surface area (Å²) in [6, 6.07) is 16.6. The second-order valence-electron chi connectivity index (χ2n) is 11.0. The van der Waals surface area contributed by atoms with E-state index < -0.39 is 61.2 Å². The number of amides is 1. The standard InChI is InChI=1S/C31H32F4N2O8S2/c1-20(38)44-28(22-7-11-24(32)12-8-22)18-17-27-29(23-9-15-26(16-10-23)45-47(42,43)31(33,34)35)37(30(27)39)25-13-5-21(6-14-25)4-3-19-36-46(2,40)41/h5-16,27-29,36H,3-4,17-19H2,1-2H3/t27?,28-,29?/m0/s1. The van der Waals surface area contributed by atoms with Crippen LogP contribution in [0, 0.1) is 11.7 Å². The summed E-state index contributed by atoms with van der Waals surface area (Å²) in [5, 5.41) is 0. The van der Waals surface area contributed by atoms with Gasteiger partial charge in [-0.1, -0.05) is 36.4 Å². The lowest BCUT2D eigenvalue weighted by Crippen LogP contribution is -2.55. The first-order valence-corrected chi connectivity index (χ1v) is 17.7. The Hall–Kier alpha value is -4.02. The molecule has 0 saturated carbocycles. The number of halogens is 4. The summed E-state index contributed by atoms with van der Waals surface area (Å²) in [5.41, 5.74) is -3.21. The molecule has 1 aliphatic rings. The minimum atomic E-state index is -5.89. The fourth-order valence-corrected chi connectivity index (χ4v) is 6.24. The van der Waals surface area contributed by atoms with E-state index >= 15 is 0 Å². The Morgan fingerprint density at radius 2 is 1.57 bits per heavy atom. The summed E-state index contributed by atoms with van der Waals surface area (Å²) in [5.74, 6) is -2.57. The van der Waals surface area contributed by atoms with Crippen LogP contribution in [0.5, 0.6) is 5.75 Å². The highest BCUT2D eigenvalue weighted by Gasteiger charge is 2.50. The van der Waals surface area contributed by atoms with Crippen molar-refractivity contribution in [3.63, 3.8) is 0 Å². The van der Waals surface area contributed by atoms with Gasteiger partial charge in [-0.25, -0.2) is 17.5 Å². The summed E-state index contributed by atoms with van der Waals surface area (Å²) in [7, 11) is -9.20. The van der Waals surface area contributed by atoms with Crippen molar-refractivity contribution in [2.45, 2.75) is 50.3 Å². The summed E-state index contributed by atoms with van der Waals surface area (Å²) in [6.45, 7) is 1.48. The van der Waals surface area contributed by atoms with Crippen LogP contribution in [0.1, 0.15) is 55.0 Å². The molecule has 1 amide bonds. The maximum atomic E-state index is 13.6. The van der Waals surface area contributed by atoms with E-state index in [-0.39, 0.29) is 25.3 Å². The summed E-state index contributed by atoms with van der Waals surface area (Å²) in [4.78, 5) is 26.9. The van der Waals surface area contributed by atoms with Gasteiger partial charge in [0, 0.05) is 19.2 Å². The van der Waals surface area contributed by atoms with Crippen LogP contribution in [0.25, 0.3) is 0 Å². The molecule has 1 fully saturated rings. The van der Waals surface area contributed by atoms with Gasteiger partial charge in [-0.2, -0.15) is 21.6 Å². The van der Waals surface area contributed by atoms with Crippen molar-refractivity contribution in [2.24, 2.45) is 5.92 Å². The van der Waals surface area contributed by atoms with Crippen LogP contribution >= 0.6 is 0 Å². The quantitative estimate of drug-likeness (QED) is 0.0596. The fraction of sp³-hybridized carbons (Fsp3) is 0.355. The van der Waals surface area contributed by atoms with Crippen molar-refractivity contribution in [3.8, 4) is 5.75 Å². The normalized spacial score (nSPS) is 17.6. The van der Waals surface area contributed by atoms with E-state index in [4.69, 9.17) is 4.74 Å². The molecule has 0 spiro atoms. The van der Waals surface area contributed by atoms with Gasteiger partial charge in [-0.15, -0.1) is 0 Å². The third kappa shape index (κ3) is 9.29. The number of carbonyl (C=O) groups excluding carboxylic acids is 2. The zero-order valence-electron chi connectivity index (χ0n) is 25.2. The number of nitrogens with one attached hydrogen (secondary N) is 1. The van der Waals surface area contributed by atoms with Gasteiger partial charge in [0.15, 0.2) is 0 Å². The molecule has 3 aromatic rings. The first-order valence-electron chi connectivity index (χ1n) is 14.4. The van der Waals surface area contributed by atoms with E-state index in [0.717, 1.165) is 24.0 Å². The SMILES string of the molecule is CC(=O)O[C@@H](CCC1C(=O)N(c2ccc(CCCNS(C)(=O)=O)cc2)C1c1ccc(OS(=O)(=O)C(F)(F)F)cc1)c1ccc(F)cc1. The highest BCUT2D eigenvalue weighted by atomic mass is 32.2. The second-order valence-corrected chi connectivity index (χ2v) is 14.3. The third-order valence-corrected chi connectivity index (χ3v) is 9.14. The molecule has 1 aliphatic heterocycles. The van der Waals surface area contributed by atoms with Crippen LogP contribution in [-0.4, -0.2) is 47.0 Å². The smallest absolute Gasteiger partial charge is 0.458 e. The zero-order valence-corrected chi connectivity index (χ0v) is 26.9. The molecule has 4 rings (SSSR count). The molecule has 0 radical (unpaired) electrons. The number of hydrogen-bond donors (Lipinski definition) is 1. The number of alkyl halides is 3. The van der Waals surface area contributed by atoms with Crippen molar-refractivity contribution >= 4 is 37.7 Å². The summed E-state index contributed by atoms with van der Waals surface area (Å²) in [6.07, 6.45) is 1.79. The average Bonchev–Trinajstić information content (AvgIpc) is 2.98. The minimum absolute atomic E-state index is 0.192. The maximum absolute atomic E-state index is 13.6. The van der Waals surface area contributed by atoms with Gasteiger partial charge in [0.25, 0.3) is 0 Å². The van der Waals surface area contributed by atoms with Crippen molar-refractivity contribution < 1.29 is 52.9 Å². The van der Waals surface area contributed by atoms with Crippen LogP contribution in [0.15, 0.2) is 72.8 Å². The van der Waals surface area contributed by atoms with Gasteiger partial charge >= 0.3 is 21.6 Å². The molecule has 1 heterocycles. The Kier molecular flexibility index (Phi) is 11.0. The van der Waals surface area contributed by atoms with Crippen molar-refractivity contribution in [1.82, 2.24) is 4.72 Å². The van der Waals surface area contributed by atoms with E-state index in [2.05, 4.69) is 8.91 Å². The molecule has 2 unspecified atom stereocenters. The van der Waals surface area contributed by atoms with Crippen LogP contribution in [0.3, 0.4) is 0 Å². The lowest BCUT2D eigenvalue weighted by atomic mass is 9.78. The van der Waals surface area contributed by atoms with Gasteiger partial charge in [0.2, 0.25) is 15.9 Å². The van der Waals surface area contributed by atoms with Gasteiger partial charge in [-0.05, 0) is 78.8 Å². The van der Waals surface area contributed by atoms with Crippen LogP contribution in [0.4, 0.5) is 23.2 Å². The number of esters is 1. The number of aryl methyl sites for hydroxylation is 1. The molecule has 0 aromatic heterocycles. The molecule has 3 aromatic carbocycles. The summed E-state index contributed by atoms with van der Waals surface area (Å²) < 4.78 is 110. The van der Waals surface area contributed by atoms with Crippen LogP contribution in [0.2, 0.25) is 0 Å². The first kappa shape index (κ1) is 35.8. The first-order chi connectivity index (χ1) is 21.9. The van der Waals surface area contributed by atoms with Crippen molar-refractivity contribution in [2.75, 3.05) is 17.7 Å². The van der Waals surface area contributed by atoms with Gasteiger partial charge in [0.1, 0.15) is 17.7 Å². The van der Waals surface area contributed by atoms with Crippen molar-refractivity contribution in [3.05, 3.63) is 95.3 Å². The highest BCUT2D eigenvalue weighted by molar-refractivity contribution is 7.88. The Morgan fingerprint density at radius 3 is 2.13 bits per heavy atom. The number of ether oxygens (including phenoxy) is 1. The van der Waals surface area contributed by atoms with Gasteiger partial charge < -0.3 is 13.8 Å². The van der Waals surface area contributed by atoms with E-state index in [1.807, 2.05) is 0 Å². The lowest BCUT2D eigenvalue weighted by molar-refractivity contribution is -0.147. The predicted octanol–water partition coefficient (Wildman–Crippen LogP) is 5.32. The molecule has 3 atom stereocenters. The molecular weight excluding hydrogens is 668 g/mol. The van der Waals surface area contributed by atoms with Gasteiger partial charge in [0.05, 0.1) is 18.2 Å². The molecule has 47 heavy (non-hydrogen) atoms. The molecular formula is C31H32F4N2O8S2. The average molecular weight is 701 g/mol. The molecule has 0 aliphatic carbocycles. The Bertz CT molecular complexity index is 1780. The number of β-lactam (4-membered cyclic amide) rings is 1. The molecule has 254 valence electrons. The molecule has 10 nitrogen and oxygen atoms in total. The van der Waals surface area contributed by atoms with E-state index in [1.54, 1.807) is 24.3 Å². The number of rotatable bonds is 14. The molecule has 16 heteroatoms. The van der Waals surface area contributed by atoms with Gasteiger partial charge in [-0.3, -0.25) is 9.59 Å². The Morgan fingerprint density at radius 1 is 0.957 bits per heavy atom. The molecule has 1 saturated heterocycles. The number of sulfonamides is 1. The lowest BCUT2D eigenvalue weighted by Gasteiger charge is -2.48. The number of hydrogen-bond acceptors (Lipinski definition) is 8. The fourth-order valence-electron chi connectivity index (χ4n) is 5.27. The predicted molar refractivity (Wildman–Crippen MR) is 164 cm³/mol. The van der Waals surface area contributed by atoms with E-state index in [1.165, 1.54) is 48.2 Å². The maximum Gasteiger partial charge on any atom is 0.534 e. The number of nitrogens with zero attached hydrogens (tertiary/aromatic N) is 1. The van der Waals surface area contributed by atoms with E-state index in [9.17, 15) is 44.0 Å². The number of anilines is 1. The Labute approximate surface area is 269 Å². The van der Waals surface area contributed by atoms with E-state index in [0.29, 0.717) is 29.7 Å². The highest BCUT2D eigenvalue weighted by Crippen LogP contribution is 2.47. The van der Waals surface area contributed by atoms with Crippen LogP contribution in [-0.2, 0) is 40.9 Å². The number of carbonyl (C=O) groups is 2. The second kappa shape index (κ2) is 14.4. The third-order valence-electron chi connectivity index (χ3n) is 7.44. The number of benzene rings is 3. The minimum Gasteiger partial charge on any atom is -0.458 e.